The molecule has 0 heterocycles. The van der Waals surface area contributed by atoms with Crippen molar-refractivity contribution < 1.29 is 24.6 Å². The number of aliphatic carboxylic acids is 1. The van der Waals surface area contributed by atoms with Crippen LogP contribution < -0.4 is 16.0 Å². The Balaban J connectivity index is 1.99. The molecule has 8 heteroatoms. The normalized spacial score (nSPS) is 17.4. The third kappa shape index (κ3) is 9.28. The first-order chi connectivity index (χ1) is 11.8. The molecule has 1 rings (SSSR count). The minimum atomic E-state index is -1.95. The van der Waals surface area contributed by atoms with Gasteiger partial charge in [-0.1, -0.05) is 25.7 Å². The molecule has 0 aliphatic heterocycles. The van der Waals surface area contributed by atoms with Gasteiger partial charge >= 0.3 is 12.0 Å². The van der Waals surface area contributed by atoms with Crippen LogP contribution in [0.25, 0.3) is 0 Å². The number of hydrogen-bond donors (Lipinski definition) is 5. The average Bonchev–Trinajstić information content (AvgIpc) is 2.57. The summed E-state index contributed by atoms with van der Waals surface area (Å²) in [5.41, 5.74) is -1.95. The van der Waals surface area contributed by atoms with E-state index in [9.17, 15) is 19.5 Å². The van der Waals surface area contributed by atoms with E-state index < -0.39 is 11.6 Å². The summed E-state index contributed by atoms with van der Waals surface area (Å²) >= 11 is 0. The fourth-order valence-electron chi connectivity index (χ4n) is 2.71. The Labute approximate surface area is 148 Å². The topological polar surface area (TPSA) is 128 Å². The molecule has 0 saturated heterocycles. The Morgan fingerprint density at radius 1 is 1.04 bits per heavy atom. The molecule has 1 atom stereocenters. The van der Waals surface area contributed by atoms with Crippen molar-refractivity contribution in [3.8, 4) is 0 Å². The highest BCUT2D eigenvalue weighted by Gasteiger charge is 2.30. The van der Waals surface area contributed by atoms with Gasteiger partial charge < -0.3 is 26.2 Å². The predicted molar refractivity (Wildman–Crippen MR) is 93.1 cm³/mol. The molecule has 0 aromatic carbocycles. The molecule has 144 valence electrons. The molecule has 0 aromatic heterocycles. The van der Waals surface area contributed by atoms with Crippen molar-refractivity contribution in [3.05, 3.63) is 0 Å². The monoisotopic (exact) mass is 357 g/mol. The van der Waals surface area contributed by atoms with Crippen LogP contribution in [0.4, 0.5) is 4.79 Å². The molecule has 0 bridgehead atoms. The van der Waals surface area contributed by atoms with Gasteiger partial charge in [0.15, 0.2) is 5.60 Å². The van der Waals surface area contributed by atoms with Crippen molar-refractivity contribution in [3.63, 3.8) is 0 Å². The second-order valence-electron chi connectivity index (χ2n) is 6.90. The van der Waals surface area contributed by atoms with Crippen molar-refractivity contribution in [2.45, 2.75) is 76.4 Å². The van der Waals surface area contributed by atoms with Gasteiger partial charge in [0.1, 0.15) is 0 Å². The molecular weight excluding hydrogens is 326 g/mol. The van der Waals surface area contributed by atoms with E-state index in [2.05, 4.69) is 16.0 Å². The smallest absolute Gasteiger partial charge is 0.337 e. The maximum Gasteiger partial charge on any atom is 0.337 e. The summed E-state index contributed by atoms with van der Waals surface area (Å²) in [5.74, 6) is -1.66. The van der Waals surface area contributed by atoms with Crippen LogP contribution in [0.5, 0.6) is 0 Å². The van der Waals surface area contributed by atoms with Crippen LogP contribution in [0, 0.1) is 0 Å². The summed E-state index contributed by atoms with van der Waals surface area (Å²) in [6, 6.07) is 0.168. The lowest BCUT2D eigenvalue weighted by atomic mass is 9.96. The highest BCUT2D eigenvalue weighted by Crippen LogP contribution is 2.17. The number of carboxylic acid groups (broad SMARTS) is 1. The van der Waals surface area contributed by atoms with Crippen LogP contribution in [0.1, 0.15) is 64.7 Å². The predicted octanol–water partition coefficient (Wildman–Crippen LogP) is 1.13. The summed E-state index contributed by atoms with van der Waals surface area (Å²) in [6.45, 7) is 1.39. The molecular formula is C17H31N3O5. The summed E-state index contributed by atoms with van der Waals surface area (Å²) in [6.07, 6.45) is 8.18. The number of rotatable bonds is 10. The van der Waals surface area contributed by atoms with E-state index in [4.69, 9.17) is 5.11 Å². The number of unbranched alkanes of at least 4 members (excludes halogenated alkanes) is 2. The number of carbonyl (C=O) groups excluding carboxylic acids is 2. The molecule has 1 aliphatic carbocycles. The van der Waals surface area contributed by atoms with Crippen LogP contribution in [0.15, 0.2) is 0 Å². The molecule has 0 spiro atoms. The molecule has 1 fully saturated rings. The van der Waals surface area contributed by atoms with Gasteiger partial charge in [0.05, 0.1) is 6.54 Å². The largest absolute Gasteiger partial charge is 0.479 e. The minimum Gasteiger partial charge on any atom is -0.479 e. The van der Waals surface area contributed by atoms with E-state index >= 15 is 0 Å². The van der Waals surface area contributed by atoms with Crippen LogP contribution in [0.3, 0.4) is 0 Å². The van der Waals surface area contributed by atoms with Crippen LogP contribution in [0.2, 0.25) is 0 Å². The van der Waals surface area contributed by atoms with Gasteiger partial charge in [-0.2, -0.15) is 0 Å². The molecule has 0 aromatic rings. The Morgan fingerprint density at radius 3 is 2.36 bits per heavy atom. The van der Waals surface area contributed by atoms with Crippen LogP contribution in [-0.4, -0.2) is 52.9 Å². The molecule has 8 nitrogen and oxygen atoms in total. The summed E-state index contributed by atoms with van der Waals surface area (Å²) < 4.78 is 0. The van der Waals surface area contributed by atoms with E-state index in [0.717, 1.165) is 32.6 Å². The fourth-order valence-corrected chi connectivity index (χ4v) is 2.71. The molecule has 1 saturated carbocycles. The number of carbonyl (C=O) groups is 3. The summed E-state index contributed by atoms with van der Waals surface area (Å²) in [7, 11) is 0. The van der Waals surface area contributed by atoms with E-state index in [-0.39, 0.29) is 24.9 Å². The standard InChI is InChI=1S/C17H31N3O5/c1-17(25,15(22)23)12-19-14(21)10-6-3-7-11-18-16(24)20-13-8-4-2-5-9-13/h13,25H,2-12H2,1H3,(H,19,21)(H,22,23)(H2,18,20,24). The van der Waals surface area contributed by atoms with Crippen molar-refractivity contribution >= 4 is 17.9 Å². The molecule has 25 heavy (non-hydrogen) atoms. The van der Waals surface area contributed by atoms with Gasteiger partial charge in [0, 0.05) is 19.0 Å². The number of aliphatic hydroxyl groups is 1. The SMILES string of the molecule is CC(O)(CNC(=O)CCCCCNC(=O)NC1CCCCC1)C(=O)O. The molecule has 1 aliphatic rings. The maximum absolute atomic E-state index is 11.7. The lowest BCUT2D eigenvalue weighted by Gasteiger charge is -2.22. The zero-order valence-electron chi connectivity index (χ0n) is 15.0. The molecule has 1 unspecified atom stereocenters. The lowest BCUT2D eigenvalue weighted by molar-refractivity contribution is -0.156. The van der Waals surface area contributed by atoms with Gasteiger partial charge in [0.25, 0.3) is 0 Å². The number of hydrogen-bond acceptors (Lipinski definition) is 4. The first-order valence-corrected chi connectivity index (χ1v) is 9.08. The Bertz CT molecular complexity index is 448. The Morgan fingerprint density at radius 2 is 1.72 bits per heavy atom. The number of amides is 3. The minimum absolute atomic E-state index is 0.124. The van der Waals surface area contributed by atoms with Gasteiger partial charge in [-0.15, -0.1) is 0 Å². The summed E-state index contributed by atoms with van der Waals surface area (Å²) in [4.78, 5) is 34.0. The zero-order valence-corrected chi connectivity index (χ0v) is 15.0. The van der Waals surface area contributed by atoms with Crippen molar-refractivity contribution in [2.24, 2.45) is 0 Å². The number of urea groups is 1. The van der Waals surface area contributed by atoms with Gasteiger partial charge in [-0.25, -0.2) is 9.59 Å². The Hall–Kier alpha value is -1.83. The molecule has 0 radical (unpaired) electrons. The average molecular weight is 357 g/mol. The fraction of sp³-hybridized carbons (Fsp3) is 0.824. The van der Waals surface area contributed by atoms with Gasteiger partial charge in [-0.3, -0.25) is 4.79 Å². The van der Waals surface area contributed by atoms with Crippen molar-refractivity contribution in [1.29, 1.82) is 0 Å². The Kier molecular flexibility index (Phi) is 9.26. The molecule has 3 amide bonds. The third-order valence-electron chi connectivity index (χ3n) is 4.40. The summed E-state index contributed by atoms with van der Waals surface area (Å²) in [5, 5.41) is 26.4. The first-order valence-electron chi connectivity index (χ1n) is 9.08. The quantitative estimate of drug-likeness (QED) is 0.375. The van der Waals surface area contributed by atoms with Crippen molar-refractivity contribution in [2.75, 3.05) is 13.1 Å². The molecule has 5 N–H and O–H groups in total. The highest BCUT2D eigenvalue weighted by molar-refractivity contribution is 5.80. The first kappa shape index (κ1) is 21.2. The number of nitrogens with one attached hydrogen (secondary N) is 3. The van der Waals surface area contributed by atoms with Gasteiger partial charge in [0.2, 0.25) is 5.91 Å². The van der Waals surface area contributed by atoms with E-state index in [0.29, 0.717) is 19.0 Å². The lowest BCUT2D eigenvalue weighted by Crippen LogP contribution is -2.46. The van der Waals surface area contributed by atoms with Crippen LogP contribution in [-0.2, 0) is 9.59 Å². The van der Waals surface area contributed by atoms with Gasteiger partial charge in [-0.05, 0) is 32.6 Å². The van der Waals surface area contributed by atoms with Crippen LogP contribution >= 0.6 is 0 Å². The number of carboxylic acids is 1. The second kappa shape index (κ2) is 10.9. The maximum atomic E-state index is 11.7. The zero-order chi connectivity index (χ0) is 18.7. The van der Waals surface area contributed by atoms with E-state index in [1.807, 2.05) is 0 Å². The van der Waals surface area contributed by atoms with Crippen molar-refractivity contribution in [1.82, 2.24) is 16.0 Å². The van der Waals surface area contributed by atoms with E-state index in [1.165, 1.54) is 19.3 Å². The highest BCUT2D eigenvalue weighted by atomic mass is 16.4. The third-order valence-corrected chi connectivity index (χ3v) is 4.40. The van der Waals surface area contributed by atoms with E-state index in [1.54, 1.807) is 0 Å². The second-order valence-corrected chi connectivity index (χ2v) is 6.90.